The standard InChI is InChI=1S/C48H54ClF4NO6/c1-32-8-7-22-46(2)42(39-20-16-35(24-36(55)17-13-32)25-40(39)45(57)26-41-43(49)11-6-12-44(41)50)21-23-47(46,58)31-54(27-33-14-18-38(19-15-33)60-48(51,52)53)28-37(56)30-59-29-34-9-4-3-5-10-34/h3-6,8-12,14-16,18-20,25,36-37,42,55-56,58H,7,13,17,21-24,26-31H2,1-2H3. The van der Waals surface area contributed by atoms with Gasteiger partial charge in [0, 0.05) is 47.6 Å². The number of rotatable bonds is 14. The second-order valence-electron chi connectivity index (χ2n) is 16.8. The molecule has 3 aliphatic carbocycles. The lowest BCUT2D eigenvalue weighted by Crippen LogP contribution is -2.53. The molecule has 0 radical (unpaired) electrons. The van der Waals surface area contributed by atoms with Crippen LogP contribution < -0.4 is 4.74 Å². The molecular weight excluding hydrogens is 798 g/mol. The highest BCUT2D eigenvalue weighted by atomic mass is 35.5. The molecule has 0 heterocycles. The second kappa shape index (κ2) is 19.7. The minimum absolute atomic E-state index is 0.00465. The van der Waals surface area contributed by atoms with Crippen molar-refractivity contribution in [3.05, 3.63) is 147 Å². The van der Waals surface area contributed by atoms with Gasteiger partial charge in [0.05, 0.1) is 31.0 Å². The van der Waals surface area contributed by atoms with E-state index in [-0.39, 0.29) is 67.3 Å². The van der Waals surface area contributed by atoms with Crippen LogP contribution in [0.3, 0.4) is 0 Å². The number of fused-ring (bicyclic) bond motifs is 8. The van der Waals surface area contributed by atoms with Gasteiger partial charge in [-0.05, 0) is 110 Å². The van der Waals surface area contributed by atoms with Crippen LogP contribution in [0.25, 0.3) is 0 Å². The van der Waals surface area contributed by atoms with Crippen LogP contribution in [-0.4, -0.2) is 69.9 Å². The van der Waals surface area contributed by atoms with Crippen molar-refractivity contribution in [1.82, 2.24) is 4.90 Å². The number of carbonyl (C=O) groups is 1. The average molecular weight is 852 g/mol. The van der Waals surface area contributed by atoms with Gasteiger partial charge in [-0.25, -0.2) is 4.39 Å². The summed E-state index contributed by atoms with van der Waals surface area (Å²) in [7, 11) is 0. The molecule has 0 spiro atoms. The van der Waals surface area contributed by atoms with Gasteiger partial charge in [0.25, 0.3) is 0 Å². The molecule has 4 aromatic rings. The fourth-order valence-electron chi connectivity index (χ4n) is 9.05. The minimum Gasteiger partial charge on any atom is -0.406 e. The zero-order valence-electron chi connectivity index (χ0n) is 34.1. The first-order chi connectivity index (χ1) is 28.5. The van der Waals surface area contributed by atoms with E-state index < -0.39 is 35.4 Å². The topological polar surface area (TPSA) is 99.5 Å². The molecule has 60 heavy (non-hydrogen) atoms. The van der Waals surface area contributed by atoms with Gasteiger partial charge in [-0.15, -0.1) is 13.2 Å². The van der Waals surface area contributed by atoms with Crippen molar-refractivity contribution < 1.29 is 47.1 Å². The quantitative estimate of drug-likeness (QED) is 0.0660. The van der Waals surface area contributed by atoms with Crippen molar-refractivity contribution in [2.24, 2.45) is 5.41 Å². The molecule has 4 aromatic carbocycles. The number of aliphatic hydroxyl groups excluding tert-OH is 2. The van der Waals surface area contributed by atoms with E-state index in [9.17, 15) is 33.3 Å². The summed E-state index contributed by atoms with van der Waals surface area (Å²) in [5, 5.41) is 35.6. The summed E-state index contributed by atoms with van der Waals surface area (Å²) in [6, 6.07) is 25.0. The van der Waals surface area contributed by atoms with Gasteiger partial charge in [-0.3, -0.25) is 9.69 Å². The fourth-order valence-corrected chi connectivity index (χ4v) is 9.28. The first-order valence-electron chi connectivity index (χ1n) is 20.5. The number of nitrogens with zero attached hydrogens (tertiary/aromatic N) is 1. The molecule has 0 saturated heterocycles. The van der Waals surface area contributed by atoms with E-state index in [1.165, 1.54) is 36.4 Å². The van der Waals surface area contributed by atoms with Crippen LogP contribution in [0.2, 0.25) is 5.02 Å². The van der Waals surface area contributed by atoms with Gasteiger partial charge in [-0.1, -0.05) is 90.8 Å². The molecule has 322 valence electrons. The Labute approximate surface area is 354 Å². The number of allylic oxidation sites excluding steroid dienone is 2. The van der Waals surface area contributed by atoms with Crippen molar-refractivity contribution in [3.63, 3.8) is 0 Å². The van der Waals surface area contributed by atoms with Crippen LogP contribution in [0.1, 0.15) is 96.5 Å². The minimum atomic E-state index is -4.84. The summed E-state index contributed by atoms with van der Waals surface area (Å²) < 4.78 is 63.9. The summed E-state index contributed by atoms with van der Waals surface area (Å²) in [4.78, 5) is 16.3. The lowest BCUT2D eigenvalue weighted by Gasteiger charge is -2.46. The highest BCUT2D eigenvalue weighted by Gasteiger charge is 2.57. The second-order valence-corrected chi connectivity index (χ2v) is 17.2. The zero-order chi connectivity index (χ0) is 43.1. The first kappa shape index (κ1) is 45.4. The zero-order valence-corrected chi connectivity index (χ0v) is 34.8. The van der Waals surface area contributed by atoms with Gasteiger partial charge in [0.2, 0.25) is 0 Å². The van der Waals surface area contributed by atoms with Gasteiger partial charge >= 0.3 is 6.36 Å². The largest absolute Gasteiger partial charge is 0.573 e. The number of ketones is 1. The van der Waals surface area contributed by atoms with Crippen molar-refractivity contribution in [2.45, 2.75) is 108 Å². The smallest absolute Gasteiger partial charge is 0.406 e. The molecular formula is C48H54ClF4NO6. The Morgan fingerprint density at radius 2 is 1.73 bits per heavy atom. The molecule has 3 aliphatic rings. The van der Waals surface area contributed by atoms with E-state index in [2.05, 4.69) is 10.8 Å². The Bertz CT molecular complexity index is 2080. The van der Waals surface area contributed by atoms with Crippen molar-refractivity contribution in [2.75, 3.05) is 19.7 Å². The molecule has 7 rings (SSSR count). The molecule has 12 heteroatoms. The molecule has 5 atom stereocenters. The molecule has 0 aromatic heterocycles. The predicted octanol–water partition coefficient (Wildman–Crippen LogP) is 9.92. The third-order valence-corrected chi connectivity index (χ3v) is 12.7. The van der Waals surface area contributed by atoms with Crippen LogP contribution in [0, 0.1) is 11.2 Å². The van der Waals surface area contributed by atoms with Crippen molar-refractivity contribution in [3.8, 4) is 5.75 Å². The fraction of sp³-hybridized carbons (Fsp3) is 0.438. The molecule has 0 aliphatic heterocycles. The predicted molar refractivity (Wildman–Crippen MR) is 223 cm³/mol. The number of alkyl halides is 3. The van der Waals surface area contributed by atoms with E-state index in [4.69, 9.17) is 16.3 Å². The summed E-state index contributed by atoms with van der Waals surface area (Å²) in [5.41, 5.74) is 2.49. The lowest BCUT2D eigenvalue weighted by molar-refractivity contribution is -0.274. The van der Waals surface area contributed by atoms with Gasteiger partial charge in [0.1, 0.15) is 11.6 Å². The summed E-state index contributed by atoms with van der Waals surface area (Å²) in [6.07, 6.45) is -1.05. The molecule has 3 N–H and O–H groups in total. The number of halogens is 5. The van der Waals surface area contributed by atoms with Crippen LogP contribution in [0.4, 0.5) is 17.6 Å². The Morgan fingerprint density at radius 1 is 0.983 bits per heavy atom. The lowest BCUT2D eigenvalue weighted by atomic mass is 9.64. The van der Waals surface area contributed by atoms with Crippen LogP contribution >= 0.6 is 11.6 Å². The van der Waals surface area contributed by atoms with E-state index in [1.807, 2.05) is 61.2 Å². The summed E-state index contributed by atoms with van der Waals surface area (Å²) in [5.74, 6) is -1.59. The van der Waals surface area contributed by atoms with E-state index in [0.717, 1.165) is 22.3 Å². The molecule has 1 fully saturated rings. The highest BCUT2D eigenvalue weighted by Crippen LogP contribution is 2.59. The Kier molecular flexibility index (Phi) is 14.9. The number of hydrogen-bond acceptors (Lipinski definition) is 7. The summed E-state index contributed by atoms with van der Waals surface area (Å²) in [6.45, 7) is 4.74. The van der Waals surface area contributed by atoms with Crippen LogP contribution in [0.15, 0.2) is 103 Å². The number of aliphatic hydroxyl groups is 3. The Hall–Kier alpha value is -4.10. The summed E-state index contributed by atoms with van der Waals surface area (Å²) >= 11 is 6.39. The number of benzene rings is 4. The Morgan fingerprint density at radius 3 is 2.45 bits per heavy atom. The maximum absolute atomic E-state index is 15.0. The third-order valence-electron chi connectivity index (χ3n) is 12.3. The van der Waals surface area contributed by atoms with E-state index in [0.29, 0.717) is 56.1 Å². The molecule has 2 bridgehead atoms. The van der Waals surface area contributed by atoms with Gasteiger partial charge < -0.3 is 24.8 Å². The molecule has 1 saturated carbocycles. The monoisotopic (exact) mass is 851 g/mol. The van der Waals surface area contributed by atoms with Crippen LogP contribution in [-0.2, 0) is 30.7 Å². The van der Waals surface area contributed by atoms with E-state index >= 15 is 4.39 Å². The normalized spacial score (nSPS) is 22.9. The first-order valence-corrected chi connectivity index (χ1v) is 20.9. The van der Waals surface area contributed by atoms with Crippen LogP contribution in [0.5, 0.6) is 5.75 Å². The highest BCUT2D eigenvalue weighted by molar-refractivity contribution is 6.31. The number of carbonyl (C=O) groups excluding carboxylic acids is 1. The maximum atomic E-state index is 15.0. The van der Waals surface area contributed by atoms with E-state index in [1.54, 1.807) is 12.1 Å². The number of ether oxygens (including phenoxy) is 2. The maximum Gasteiger partial charge on any atom is 0.573 e. The van der Waals surface area contributed by atoms with Gasteiger partial charge in [-0.2, -0.15) is 0 Å². The number of Topliss-reactive ketones (excluding diaryl/α,β-unsaturated/α-hetero) is 1. The van der Waals surface area contributed by atoms with Gasteiger partial charge in [0.15, 0.2) is 5.78 Å². The molecule has 7 nitrogen and oxygen atoms in total. The van der Waals surface area contributed by atoms with Crippen molar-refractivity contribution in [1.29, 1.82) is 0 Å². The molecule has 0 amide bonds. The third kappa shape index (κ3) is 11.6. The SMILES string of the molecule is CC1=CCCC2(C)C(CCC2(O)CN(Cc2ccc(OC(F)(F)F)cc2)CC(O)COCc2ccccc2)c2ccc(cc2C(=O)Cc2c(F)cccc2Cl)CC(O)CC1. The molecule has 5 unspecified atom stereocenters. The van der Waals surface area contributed by atoms with Crippen molar-refractivity contribution >= 4 is 17.4 Å². The number of hydrogen-bond donors (Lipinski definition) is 3. The average Bonchev–Trinajstić information content (AvgIpc) is 3.44. The Balaban J connectivity index is 1.34.